The van der Waals surface area contributed by atoms with Gasteiger partial charge in [-0.15, -0.1) is 0 Å². The first-order chi connectivity index (χ1) is 11.5. The molecule has 1 aromatic rings. The highest BCUT2D eigenvalue weighted by Crippen LogP contribution is 2.38. The van der Waals surface area contributed by atoms with Gasteiger partial charge in [0.2, 0.25) is 0 Å². The number of ketones is 1. The monoisotopic (exact) mass is 349 g/mol. The van der Waals surface area contributed by atoms with E-state index < -0.39 is 12.0 Å². The van der Waals surface area contributed by atoms with Crippen LogP contribution in [0.15, 0.2) is 35.9 Å². The number of Topliss-reactive ketones (excluding diaryl/α,β-unsaturated/α-hetero) is 1. The van der Waals surface area contributed by atoms with Crippen LogP contribution < -0.4 is 0 Å². The number of thiol groups is 1. The van der Waals surface area contributed by atoms with Gasteiger partial charge in [0, 0.05) is 30.3 Å². The zero-order chi connectivity index (χ0) is 17.3. The molecular weight excluding hydrogens is 329 g/mol. The molecule has 1 heterocycles. The van der Waals surface area contributed by atoms with Crippen LogP contribution >= 0.6 is 12.6 Å². The van der Waals surface area contributed by atoms with E-state index in [0.29, 0.717) is 25.1 Å². The van der Waals surface area contributed by atoms with E-state index in [-0.39, 0.29) is 22.8 Å². The number of likely N-dealkylation sites (tertiary alicyclic amines) is 1. The predicted octanol–water partition coefficient (Wildman–Crippen LogP) is 2.86. The Morgan fingerprint density at radius 2 is 1.92 bits per heavy atom. The lowest BCUT2D eigenvalue weighted by atomic mass is 9.94. The van der Waals surface area contributed by atoms with Crippen molar-refractivity contribution >= 4 is 24.4 Å². The summed E-state index contributed by atoms with van der Waals surface area (Å²) in [7, 11) is 0. The maximum Gasteiger partial charge on any atom is 0.328 e. The highest BCUT2D eigenvalue weighted by Gasteiger charge is 2.39. The Morgan fingerprint density at radius 3 is 2.50 bits per heavy atom. The molecule has 1 saturated heterocycles. The first-order valence-electron chi connectivity index (χ1n) is 8.10. The van der Waals surface area contributed by atoms with Crippen LogP contribution in [0, 0.1) is 11.7 Å². The average molecular weight is 349 g/mol. The Labute approximate surface area is 145 Å². The standard InChI is InChI=1S/C18H20FNO3S/c19-14-5-3-11(4-6-14)17(18(23)12-1-2-12)20-8-7-15(24)13(10-20)9-16(21)22/h3-6,9,12,15,17,24H,1-2,7-8,10H2,(H,21,22)/b13-9+/t15-,17+/m1/s1. The number of piperidine rings is 1. The molecule has 1 N–H and O–H groups in total. The van der Waals surface area contributed by atoms with E-state index in [4.69, 9.17) is 5.11 Å². The van der Waals surface area contributed by atoms with Gasteiger partial charge in [-0.1, -0.05) is 12.1 Å². The van der Waals surface area contributed by atoms with Gasteiger partial charge in [0.05, 0.1) is 6.04 Å². The lowest BCUT2D eigenvalue weighted by Gasteiger charge is -2.37. The van der Waals surface area contributed by atoms with Gasteiger partial charge in [-0.3, -0.25) is 9.69 Å². The van der Waals surface area contributed by atoms with Gasteiger partial charge in [-0.2, -0.15) is 12.6 Å². The molecule has 0 aromatic heterocycles. The summed E-state index contributed by atoms with van der Waals surface area (Å²) in [5.74, 6) is -1.12. The van der Waals surface area contributed by atoms with E-state index in [9.17, 15) is 14.0 Å². The second-order valence-corrected chi connectivity index (χ2v) is 7.09. The third-order valence-corrected chi connectivity index (χ3v) is 5.20. The number of carbonyl (C=O) groups excluding carboxylic acids is 1. The third kappa shape index (κ3) is 3.87. The molecule has 0 unspecified atom stereocenters. The molecule has 0 bridgehead atoms. The van der Waals surface area contributed by atoms with Crippen LogP contribution in [0.1, 0.15) is 30.9 Å². The normalized spacial score (nSPS) is 24.8. The number of carbonyl (C=O) groups is 2. The average Bonchev–Trinajstić information content (AvgIpc) is 3.37. The molecule has 0 radical (unpaired) electrons. The summed E-state index contributed by atoms with van der Waals surface area (Å²) in [4.78, 5) is 25.8. The fraction of sp³-hybridized carbons (Fsp3) is 0.444. The number of aliphatic carboxylic acids is 1. The number of nitrogens with zero attached hydrogens (tertiary/aromatic N) is 1. The Bertz CT molecular complexity index is 669. The van der Waals surface area contributed by atoms with E-state index >= 15 is 0 Å². The van der Waals surface area contributed by atoms with E-state index in [2.05, 4.69) is 12.6 Å². The van der Waals surface area contributed by atoms with Gasteiger partial charge in [0.15, 0.2) is 5.78 Å². The zero-order valence-electron chi connectivity index (χ0n) is 13.2. The number of rotatable bonds is 5. The summed E-state index contributed by atoms with van der Waals surface area (Å²) in [5.41, 5.74) is 1.47. The van der Waals surface area contributed by atoms with Crippen molar-refractivity contribution in [3.05, 3.63) is 47.3 Å². The number of hydrogen-bond donors (Lipinski definition) is 2. The van der Waals surface area contributed by atoms with Crippen molar-refractivity contribution in [1.29, 1.82) is 0 Å². The Balaban J connectivity index is 1.89. The minimum atomic E-state index is -1.00. The van der Waals surface area contributed by atoms with Crippen LogP contribution in [0.5, 0.6) is 0 Å². The number of benzene rings is 1. The number of carboxylic acid groups (broad SMARTS) is 1. The van der Waals surface area contributed by atoms with Gasteiger partial charge < -0.3 is 5.11 Å². The van der Waals surface area contributed by atoms with Crippen molar-refractivity contribution in [1.82, 2.24) is 4.90 Å². The Hall–Kier alpha value is -1.66. The molecule has 24 heavy (non-hydrogen) atoms. The summed E-state index contributed by atoms with van der Waals surface area (Å²) in [6.45, 7) is 1.05. The number of halogens is 1. The number of hydrogen-bond acceptors (Lipinski definition) is 4. The van der Waals surface area contributed by atoms with Gasteiger partial charge in [-0.25, -0.2) is 9.18 Å². The van der Waals surface area contributed by atoms with Crippen LogP contribution in [0.25, 0.3) is 0 Å². The highest BCUT2D eigenvalue weighted by molar-refractivity contribution is 7.81. The predicted molar refractivity (Wildman–Crippen MR) is 91.6 cm³/mol. The topological polar surface area (TPSA) is 57.6 Å². The summed E-state index contributed by atoms with van der Waals surface area (Å²) in [6, 6.07) is 5.57. The lowest BCUT2D eigenvalue weighted by Crippen LogP contribution is -2.42. The summed E-state index contributed by atoms with van der Waals surface area (Å²) < 4.78 is 13.2. The van der Waals surface area contributed by atoms with Gasteiger partial charge in [0.1, 0.15) is 5.82 Å². The molecule has 2 atom stereocenters. The van der Waals surface area contributed by atoms with Crippen molar-refractivity contribution in [2.24, 2.45) is 5.92 Å². The Kier molecular flexibility index (Phi) is 5.06. The second kappa shape index (κ2) is 7.07. The van der Waals surface area contributed by atoms with E-state index in [1.807, 2.05) is 4.90 Å². The van der Waals surface area contributed by atoms with Crippen LogP contribution in [-0.4, -0.2) is 40.1 Å². The summed E-state index contributed by atoms with van der Waals surface area (Å²) in [6.07, 6.45) is 3.67. The smallest absolute Gasteiger partial charge is 0.328 e. The zero-order valence-corrected chi connectivity index (χ0v) is 14.1. The van der Waals surface area contributed by atoms with Crippen molar-refractivity contribution < 1.29 is 19.1 Å². The van der Waals surface area contributed by atoms with Crippen LogP contribution in [0.4, 0.5) is 4.39 Å². The molecule has 3 rings (SSSR count). The molecular formula is C18H20FNO3S. The van der Waals surface area contributed by atoms with Gasteiger partial charge in [-0.05, 0) is 42.5 Å². The van der Waals surface area contributed by atoms with E-state index in [1.54, 1.807) is 12.1 Å². The van der Waals surface area contributed by atoms with Crippen LogP contribution in [0.2, 0.25) is 0 Å². The minimum Gasteiger partial charge on any atom is -0.478 e. The minimum absolute atomic E-state index is 0.0701. The largest absolute Gasteiger partial charge is 0.478 e. The fourth-order valence-corrected chi connectivity index (χ4v) is 3.48. The van der Waals surface area contributed by atoms with Crippen molar-refractivity contribution in [2.75, 3.05) is 13.1 Å². The summed E-state index contributed by atoms with van der Waals surface area (Å²) >= 11 is 4.45. The highest BCUT2D eigenvalue weighted by atomic mass is 32.1. The first-order valence-corrected chi connectivity index (χ1v) is 8.62. The maximum atomic E-state index is 13.2. The maximum absolute atomic E-state index is 13.2. The molecule has 128 valence electrons. The fourth-order valence-electron chi connectivity index (χ4n) is 3.20. The Morgan fingerprint density at radius 1 is 1.25 bits per heavy atom. The van der Waals surface area contributed by atoms with Crippen LogP contribution in [-0.2, 0) is 9.59 Å². The molecule has 0 spiro atoms. The molecule has 4 nitrogen and oxygen atoms in total. The third-order valence-electron chi connectivity index (χ3n) is 4.61. The van der Waals surface area contributed by atoms with Crippen molar-refractivity contribution in [2.45, 2.75) is 30.6 Å². The van der Waals surface area contributed by atoms with Gasteiger partial charge >= 0.3 is 5.97 Å². The quantitative estimate of drug-likeness (QED) is 0.634. The molecule has 1 aromatic carbocycles. The number of carboxylic acids is 1. The molecule has 2 fully saturated rings. The molecule has 1 saturated carbocycles. The van der Waals surface area contributed by atoms with Crippen molar-refractivity contribution in [3.8, 4) is 0 Å². The first kappa shape index (κ1) is 17.2. The molecule has 0 amide bonds. The van der Waals surface area contributed by atoms with E-state index in [1.165, 1.54) is 18.2 Å². The lowest BCUT2D eigenvalue weighted by molar-refractivity contribution is -0.131. The second-order valence-electron chi connectivity index (χ2n) is 6.46. The molecule has 2 aliphatic rings. The molecule has 1 aliphatic heterocycles. The van der Waals surface area contributed by atoms with Gasteiger partial charge in [0.25, 0.3) is 0 Å². The molecule has 1 aliphatic carbocycles. The summed E-state index contributed by atoms with van der Waals surface area (Å²) in [5, 5.41) is 8.92. The molecule has 6 heteroatoms. The van der Waals surface area contributed by atoms with E-state index in [0.717, 1.165) is 18.4 Å². The SMILES string of the molecule is O=C(O)/C=C1\CN([C@H](C(=O)C2CC2)c2ccc(F)cc2)CC[C@H]1S. The van der Waals surface area contributed by atoms with Crippen molar-refractivity contribution in [3.63, 3.8) is 0 Å². The van der Waals surface area contributed by atoms with Crippen LogP contribution in [0.3, 0.4) is 0 Å².